The average molecular weight is 1690 g/mol. The van der Waals surface area contributed by atoms with E-state index >= 15 is 0 Å². The molecule has 0 N–H and O–H groups in total. The largest absolute Gasteiger partial charge is 0.0619 e. The third-order valence-electron chi connectivity index (χ3n) is 28.5. The lowest BCUT2D eigenvalue weighted by molar-refractivity contribution is 0.660. The van der Waals surface area contributed by atoms with Gasteiger partial charge in [0.05, 0.1) is 0 Å². The van der Waals surface area contributed by atoms with E-state index in [1.807, 2.05) is 0 Å². The molecule has 0 bridgehead atoms. The van der Waals surface area contributed by atoms with Crippen LogP contribution in [-0.2, 0) is 5.41 Å². The molecule has 26 aromatic carbocycles. The van der Waals surface area contributed by atoms with Crippen LogP contribution in [0.4, 0.5) is 0 Å². The van der Waals surface area contributed by atoms with Gasteiger partial charge in [-0.3, -0.25) is 0 Å². The average Bonchev–Trinajstić information content (AvgIpc) is 1.71. The first-order valence-corrected chi connectivity index (χ1v) is 46.4. The van der Waals surface area contributed by atoms with Gasteiger partial charge < -0.3 is 0 Å². The summed E-state index contributed by atoms with van der Waals surface area (Å²) in [5, 5.41) is 33.2. The van der Waals surface area contributed by atoms with E-state index in [4.69, 9.17) is 0 Å². The number of fused-ring (bicyclic) bond motifs is 18. The van der Waals surface area contributed by atoms with E-state index in [9.17, 15) is 0 Å². The second-order valence-corrected chi connectivity index (χ2v) is 36.2. The Morgan fingerprint density at radius 1 is 0.113 bits per heavy atom. The van der Waals surface area contributed by atoms with Crippen molar-refractivity contribution in [3.63, 3.8) is 0 Å². The highest BCUT2D eigenvalue weighted by Crippen LogP contribution is 2.54. The molecule has 0 nitrogen and oxygen atoms in total. The molecule has 0 heteroatoms. The van der Waals surface area contributed by atoms with Gasteiger partial charge in [-0.25, -0.2) is 0 Å². The lowest BCUT2D eigenvalue weighted by atomic mass is 9.81. The molecule has 0 saturated heterocycles. The second kappa shape index (κ2) is 32.4. The van der Waals surface area contributed by atoms with Crippen LogP contribution in [0.25, 0.3) is 251 Å². The van der Waals surface area contributed by atoms with Crippen LogP contribution >= 0.6 is 0 Å². The zero-order valence-electron chi connectivity index (χ0n) is 73.8. The Kier molecular flexibility index (Phi) is 19.1. The van der Waals surface area contributed by atoms with E-state index in [-0.39, 0.29) is 5.41 Å². The van der Waals surface area contributed by atoms with Crippen molar-refractivity contribution in [2.45, 2.75) is 19.3 Å². The first-order chi connectivity index (χ1) is 65.8. The van der Waals surface area contributed by atoms with Crippen LogP contribution in [0.2, 0.25) is 0 Å². The molecule has 0 amide bonds. The Morgan fingerprint density at radius 2 is 0.376 bits per heavy atom. The summed E-state index contributed by atoms with van der Waals surface area (Å²) in [7, 11) is 0. The maximum Gasteiger partial charge on any atom is 0.0159 e. The van der Waals surface area contributed by atoms with Crippen LogP contribution in [-0.4, -0.2) is 0 Å². The van der Waals surface area contributed by atoms with Crippen molar-refractivity contribution in [3.05, 3.63) is 509 Å². The highest BCUT2D eigenvalue weighted by atomic mass is 14.4. The first kappa shape index (κ1) is 78.4. The van der Waals surface area contributed by atoms with E-state index in [1.54, 1.807) is 0 Å². The molecule has 0 saturated carbocycles. The standard InChI is InChI=1S/C45H32.2C44H28/c1-45(2)41-21-10-9-15-34(41)35-27-26-32(28-42(35)45)29-22-24-31(25-23-29)43-37-16-5-7-18-39(37)44(40-19-8-6-17-38(40)43)36-20-11-13-30-12-3-4-14-33(30)36;1-4-18-34-29(12-1)14-10-25-38(34)44-41-21-7-5-19-39(41)43(40-20-6-8-22-42(40)44)32-16-9-15-31(28-32)35-23-11-24-36-33-17-3-2-13-30(33)26-27-37(35)36;1-3-18-33-29(13-1)15-12-26-37(33)44-40-24-9-7-22-38(40)43(39-23-8-10-25-41(39)44)32-17-11-16-30(27-32)42-28-31-14-2-4-19-34(31)35-20-5-6-21-36(35)42/h3-28H,1-2H3;2*1-28H. The van der Waals surface area contributed by atoms with Crippen LogP contribution in [0.5, 0.6) is 0 Å². The highest BCUT2D eigenvalue weighted by Gasteiger charge is 2.36. The highest BCUT2D eigenvalue weighted by molar-refractivity contribution is 6.28. The SMILES string of the molecule is CC1(C)c2ccccc2-c2ccc(-c3ccc(-c4c5ccccc5c(-c5cccc6ccccc56)c5ccccc45)cc3)cc21.c1cc(-c2c3ccccc3c(-c3cccc4ccccc34)c3ccccc23)cc(-c2cc3ccccc3c3ccccc23)c1.c1cc(-c2c3ccccc3c(-c3cccc4ccccc34)c3ccccc23)cc(-c2cccc3c2ccc2ccccc23)c1. The topological polar surface area (TPSA) is 0 Å². The number of rotatable bonds is 9. The zero-order chi connectivity index (χ0) is 88.2. The molecular formula is C133H88. The number of hydrogen-bond donors (Lipinski definition) is 0. The van der Waals surface area contributed by atoms with Crippen LogP contribution in [0.15, 0.2) is 497 Å². The van der Waals surface area contributed by atoms with Gasteiger partial charge in [-0.15, -0.1) is 0 Å². The lowest BCUT2D eigenvalue weighted by Crippen LogP contribution is -2.14. The molecule has 133 heavy (non-hydrogen) atoms. The Bertz CT molecular complexity index is 9020. The fourth-order valence-corrected chi connectivity index (χ4v) is 22.5. The molecule has 0 unspecified atom stereocenters. The summed E-state index contributed by atoms with van der Waals surface area (Å²) in [5.74, 6) is 0. The molecule has 0 radical (unpaired) electrons. The summed E-state index contributed by atoms with van der Waals surface area (Å²) in [5.41, 5.74) is 28.4. The van der Waals surface area contributed by atoms with E-state index in [2.05, 4.69) is 511 Å². The predicted octanol–water partition coefficient (Wildman–Crippen LogP) is 37.4. The van der Waals surface area contributed by atoms with Gasteiger partial charge in [-0.2, -0.15) is 0 Å². The van der Waals surface area contributed by atoms with Crippen molar-refractivity contribution in [2.24, 2.45) is 0 Å². The first-order valence-electron chi connectivity index (χ1n) is 46.4. The molecule has 0 fully saturated rings. The van der Waals surface area contributed by atoms with Crippen molar-refractivity contribution in [3.8, 4) is 111 Å². The van der Waals surface area contributed by atoms with E-state index in [0.29, 0.717) is 0 Å². The summed E-state index contributed by atoms with van der Waals surface area (Å²) in [6, 6.07) is 183. The van der Waals surface area contributed by atoms with Crippen molar-refractivity contribution in [1.82, 2.24) is 0 Å². The third-order valence-corrected chi connectivity index (χ3v) is 28.5. The van der Waals surface area contributed by atoms with Crippen molar-refractivity contribution < 1.29 is 0 Å². The number of benzene rings is 26. The predicted molar refractivity (Wildman–Crippen MR) is 573 cm³/mol. The smallest absolute Gasteiger partial charge is 0.0159 e. The fraction of sp³-hybridized carbons (Fsp3) is 0.0226. The van der Waals surface area contributed by atoms with Crippen molar-refractivity contribution in [2.75, 3.05) is 0 Å². The van der Waals surface area contributed by atoms with Gasteiger partial charge in [-0.05, 0) is 287 Å². The summed E-state index contributed by atoms with van der Waals surface area (Å²) in [6.07, 6.45) is 0. The van der Waals surface area contributed by atoms with Gasteiger partial charge in [0.15, 0.2) is 0 Å². The Balaban J connectivity index is 0.000000107. The summed E-state index contributed by atoms with van der Waals surface area (Å²) >= 11 is 0. The molecule has 26 aromatic rings. The van der Waals surface area contributed by atoms with Crippen molar-refractivity contribution >= 4 is 140 Å². The molecule has 0 heterocycles. The van der Waals surface area contributed by atoms with E-state index in [1.165, 1.54) is 262 Å². The lowest BCUT2D eigenvalue weighted by Gasteiger charge is -2.22. The van der Waals surface area contributed by atoms with Crippen LogP contribution in [0.1, 0.15) is 25.0 Å². The minimum absolute atomic E-state index is 0.00840. The minimum atomic E-state index is -0.00840. The van der Waals surface area contributed by atoms with Gasteiger partial charge in [0, 0.05) is 5.41 Å². The minimum Gasteiger partial charge on any atom is -0.0619 e. The molecular weight excluding hydrogens is 1600 g/mol. The molecule has 0 spiro atoms. The summed E-state index contributed by atoms with van der Waals surface area (Å²) in [4.78, 5) is 0. The van der Waals surface area contributed by atoms with Crippen LogP contribution in [0, 0.1) is 0 Å². The summed E-state index contributed by atoms with van der Waals surface area (Å²) < 4.78 is 0. The quantitative estimate of drug-likeness (QED) is 0.0998. The molecule has 0 aromatic heterocycles. The molecule has 620 valence electrons. The van der Waals surface area contributed by atoms with Gasteiger partial charge in [-0.1, -0.05) is 487 Å². The van der Waals surface area contributed by atoms with E-state index < -0.39 is 0 Å². The third kappa shape index (κ3) is 13.2. The second-order valence-electron chi connectivity index (χ2n) is 36.2. The monoisotopic (exact) mass is 1680 g/mol. The van der Waals surface area contributed by atoms with Crippen LogP contribution in [0.3, 0.4) is 0 Å². The van der Waals surface area contributed by atoms with Gasteiger partial charge >= 0.3 is 0 Å². The maximum atomic E-state index is 2.41. The summed E-state index contributed by atoms with van der Waals surface area (Å²) in [6.45, 7) is 4.70. The molecule has 1 aliphatic carbocycles. The van der Waals surface area contributed by atoms with Crippen molar-refractivity contribution in [1.29, 1.82) is 0 Å². The fourth-order valence-electron chi connectivity index (χ4n) is 22.5. The van der Waals surface area contributed by atoms with E-state index in [0.717, 1.165) is 0 Å². The molecule has 27 rings (SSSR count). The molecule has 1 aliphatic rings. The Labute approximate surface area is 773 Å². The van der Waals surface area contributed by atoms with Gasteiger partial charge in [0.25, 0.3) is 0 Å². The zero-order valence-corrected chi connectivity index (χ0v) is 73.8. The normalized spacial score (nSPS) is 12.2. The maximum absolute atomic E-state index is 2.41. The van der Waals surface area contributed by atoms with Gasteiger partial charge in [0.2, 0.25) is 0 Å². The molecule has 0 atom stereocenters. The molecule has 0 aliphatic heterocycles. The number of hydrogen-bond acceptors (Lipinski definition) is 0. The Hall–Kier alpha value is -16.9. The Morgan fingerprint density at radius 3 is 0.820 bits per heavy atom. The van der Waals surface area contributed by atoms with Gasteiger partial charge in [0.1, 0.15) is 0 Å². The van der Waals surface area contributed by atoms with Crippen LogP contribution < -0.4 is 0 Å².